The van der Waals surface area contributed by atoms with Crippen LogP contribution in [0.25, 0.3) is 0 Å². The molecule has 0 radical (unpaired) electrons. The molecule has 0 heterocycles. The van der Waals surface area contributed by atoms with Gasteiger partial charge in [0.2, 0.25) is 0 Å². The van der Waals surface area contributed by atoms with Gasteiger partial charge in [0.15, 0.2) is 0 Å². The number of unbranched alkanes of at least 4 members (excludes halogenated alkanes) is 15. The van der Waals surface area contributed by atoms with Crippen LogP contribution in [0.4, 0.5) is 0 Å². The van der Waals surface area contributed by atoms with Gasteiger partial charge in [0.25, 0.3) is 0 Å². The number of quaternary nitrogens is 1. The van der Waals surface area contributed by atoms with Gasteiger partial charge in [0, 0.05) is 25.6 Å². The van der Waals surface area contributed by atoms with E-state index in [4.69, 9.17) is 8.85 Å². The maximum absolute atomic E-state index is 11.8. The molecule has 0 aliphatic heterocycles. The van der Waals surface area contributed by atoms with E-state index in [0.717, 1.165) is 25.8 Å². The first-order valence-corrected chi connectivity index (χ1v) is 26.2. The average Bonchev–Trinajstić information content (AvgIpc) is 3.14. The van der Waals surface area contributed by atoms with Crippen LogP contribution in [0.2, 0.25) is 6.04 Å². The number of nitrogens with one attached hydrogen (secondary N) is 2. The maximum Gasteiger partial charge on any atom is 0.498 e. The molecule has 0 rings (SSSR count). The van der Waals surface area contributed by atoms with Crippen molar-refractivity contribution in [3.05, 3.63) is 0 Å². The molecule has 0 aliphatic carbocycles. The van der Waals surface area contributed by atoms with Crippen molar-refractivity contribution in [3.8, 4) is 0 Å². The normalized spacial score (nSPS) is 15.4. The van der Waals surface area contributed by atoms with E-state index in [2.05, 4.69) is 31.7 Å². The molecule has 18 nitrogen and oxygen atoms in total. The average molecular weight is 899 g/mol. The highest BCUT2D eigenvalue weighted by Crippen LogP contribution is 2.21. The van der Waals surface area contributed by atoms with Crippen LogP contribution in [0, 0.1) is 0 Å². The molecule has 0 bridgehead atoms. The summed E-state index contributed by atoms with van der Waals surface area (Å²) in [5.74, 6) is -2.26. The fraction of sp³-hybridized carbons (Fsp3) is 1.00. The molecule has 0 aliphatic rings. The number of nitrogens with zero attached hydrogens (tertiary/aromatic N) is 1. The molecule has 0 aromatic rings. The smallest absolute Gasteiger partial charge is 0.498 e. The number of hydrogen-bond donors (Lipinski definition) is 9. The zero-order valence-corrected chi connectivity index (χ0v) is 38.2. The Kier molecular flexibility index (Phi) is 30.3. The van der Waals surface area contributed by atoms with Crippen molar-refractivity contribution >= 4 is 29.0 Å². The van der Waals surface area contributed by atoms with Crippen LogP contribution in [0.15, 0.2) is 0 Å². The summed E-state index contributed by atoms with van der Waals surface area (Å²) in [5, 5.41) is 65.7. The van der Waals surface area contributed by atoms with Crippen molar-refractivity contribution in [2.45, 2.75) is 145 Å². The Morgan fingerprint density at radius 3 is 1.21 bits per heavy atom. The lowest BCUT2D eigenvalue weighted by Gasteiger charge is -2.38. The predicted octanol–water partition coefficient (Wildman–Crippen LogP) is 0.117. The molecule has 58 heavy (non-hydrogen) atoms. The summed E-state index contributed by atoms with van der Waals surface area (Å²) >= 11 is 0. The zero-order chi connectivity index (χ0) is 44.2. The Balaban J connectivity index is 5.27. The third-order valence-corrected chi connectivity index (χ3v) is 14.2. The van der Waals surface area contributed by atoms with Gasteiger partial charge in [0.05, 0.1) is 122 Å². The summed E-state index contributed by atoms with van der Waals surface area (Å²) in [6, 6.07) is -0.0540. The summed E-state index contributed by atoms with van der Waals surface area (Å²) in [4.78, 5) is 11.8. The summed E-state index contributed by atoms with van der Waals surface area (Å²) in [6.45, 7) is -1.84. The lowest BCUT2D eigenvalue weighted by Crippen LogP contribution is -2.62. The molecule has 0 aromatic heterocycles. The molecule has 0 saturated heterocycles. The van der Waals surface area contributed by atoms with Crippen LogP contribution in [-0.2, 0) is 29.1 Å². The van der Waals surface area contributed by atoms with E-state index in [1.165, 1.54) is 83.5 Å². The van der Waals surface area contributed by atoms with Crippen LogP contribution in [-0.4, -0.2) is 189 Å². The standard InChI is InChI=1S/C37H81N3O15S2Si/c1-4-5-6-7-8-9-10-11-12-13-14-15-16-17-18-19-21-40(2,3)22-20-23-58(53,54-32-36(28-41,29-42)38-24-34(45)26-56(47,48)49)55-33-37(30-43,31-44)39-25-35(46)27-57(50,51)52/h34-35,38-39,41-46,53H,4-33H2,1-3H3,(H-,47,48,49,50,51,52)/p-1. The van der Waals surface area contributed by atoms with Crippen LogP contribution in [0.5, 0.6) is 0 Å². The third kappa shape index (κ3) is 29.7. The van der Waals surface area contributed by atoms with Crippen LogP contribution < -0.4 is 10.6 Å². The van der Waals surface area contributed by atoms with E-state index in [9.17, 15) is 61.4 Å². The first-order valence-electron chi connectivity index (χ1n) is 21.1. The molecule has 2 atom stereocenters. The first kappa shape index (κ1) is 57.6. The molecular formula is C37H80N3O15S2Si-. The van der Waals surface area contributed by atoms with E-state index in [0.29, 0.717) is 17.4 Å². The number of β-amino-alcohol motifs (C(OH)–C–C–N with tert-alkyl or cyclic N) is 2. The molecule has 0 spiro atoms. The van der Waals surface area contributed by atoms with Gasteiger partial charge in [-0.05, 0) is 12.8 Å². The predicted molar refractivity (Wildman–Crippen MR) is 222 cm³/mol. The van der Waals surface area contributed by atoms with Crippen LogP contribution >= 0.6 is 0 Å². The van der Waals surface area contributed by atoms with Gasteiger partial charge < -0.3 is 68.5 Å². The van der Waals surface area contributed by atoms with Crippen molar-refractivity contribution in [1.29, 1.82) is 0 Å². The second kappa shape index (κ2) is 30.6. The maximum atomic E-state index is 11.8. The van der Waals surface area contributed by atoms with Crippen molar-refractivity contribution in [2.75, 3.05) is 91.4 Å². The second-order valence-corrected chi connectivity index (χ2v) is 22.2. The fourth-order valence-corrected chi connectivity index (χ4v) is 9.64. The van der Waals surface area contributed by atoms with Crippen molar-refractivity contribution < 1.29 is 74.7 Å². The van der Waals surface area contributed by atoms with Crippen molar-refractivity contribution in [2.24, 2.45) is 0 Å². The SMILES string of the molecule is CCCCCCCCCCCCCCCCCC[N+](C)(C)CCC[Si](O)(OCC(CO)(CO)NCC(O)CS(=O)(=O)[O-])OCC(CO)(CO)NCC(O)CS(=O)(=O)[O-]. The summed E-state index contributed by atoms with van der Waals surface area (Å²) in [5.41, 5.74) is -3.48. The Morgan fingerprint density at radius 2 is 0.897 bits per heavy atom. The summed E-state index contributed by atoms with van der Waals surface area (Å²) in [7, 11) is -9.80. The van der Waals surface area contributed by atoms with Gasteiger partial charge >= 0.3 is 8.80 Å². The number of aliphatic hydroxyl groups excluding tert-OH is 6. The van der Waals surface area contributed by atoms with E-state index in [-0.39, 0.29) is 6.04 Å². The van der Waals surface area contributed by atoms with Gasteiger partial charge in [-0.15, -0.1) is 0 Å². The largest absolute Gasteiger partial charge is 0.748 e. The lowest BCUT2D eigenvalue weighted by atomic mass is 10.0. The van der Waals surface area contributed by atoms with E-state index < -0.39 is 117 Å². The Morgan fingerprint density at radius 1 is 0.586 bits per heavy atom. The van der Waals surface area contributed by atoms with Gasteiger partial charge in [0.1, 0.15) is 0 Å². The first-order chi connectivity index (χ1) is 27.1. The minimum atomic E-state index is -4.79. The van der Waals surface area contributed by atoms with Crippen LogP contribution in [0.1, 0.15) is 116 Å². The van der Waals surface area contributed by atoms with Gasteiger partial charge in [-0.1, -0.05) is 96.8 Å². The van der Waals surface area contributed by atoms with E-state index in [1.807, 2.05) is 0 Å². The Hall–Kier alpha value is -0.443. The molecule has 9 N–H and O–H groups in total. The molecule has 0 amide bonds. The van der Waals surface area contributed by atoms with Crippen LogP contribution in [0.3, 0.4) is 0 Å². The molecule has 0 saturated carbocycles. The number of rotatable bonds is 41. The van der Waals surface area contributed by atoms with Gasteiger partial charge in [-0.2, -0.15) is 0 Å². The minimum absolute atomic E-state index is 0.0540. The van der Waals surface area contributed by atoms with E-state index in [1.54, 1.807) is 0 Å². The van der Waals surface area contributed by atoms with Crippen molar-refractivity contribution in [3.63, 3.8) is 0 Å². The van der Waals surface area contributed by atoms with E-state index >= 15 is 0 Å². The number of hydrogen-bond acceptors (Lipinski definition) is 17. The Labute approximate surface area is 350 Å². The highest BCUT2D eigenvalue weighted by molar-refractivity contribution is 7.86. The highest BCUT2D eigenvalue weighted by Gasteiger charge is 2.44. The summed E-state index contributed by atoms with van der Waals surface area (Å²) in [6.07, 6.45) is 17.4. The second-order valence-electron chi connectivity index (χ2n) is 16.8. The fourth-order valence-electron chi connectivity index (χ4n) is 6.48. The monoisotopic (exact) mass is 898 g/mol. The topological polar surface area (TPSA) is 299 Å². The molecule has 21 heteroatoms. The van der Waals surface area contributed by atoms with Gasteiger partial charge in [-0.25, -0.2) is 16.8 Å². The third-order valence-electron chi connectivity index (χ3n) is 10.5. The molecule has 0 fully saturated rings. The van der Waals surface area contributed by atoms with Gasteiger partial charge in [-0.3, -0.25) is 0 Å². The molecule has 350 valence electrons. The molecular weight excluding hydrogens is 819 g/mol. The molecule has 0 aromatic carbocycles. The Bertz CT molecular complexity index is 1180. The molecule has 2 unspecified atom stereocenters. The minimum Gasteiger partial charge on any atom is -0.748 e. The number of aliphatic hydroxyl groups is 6. The highest BCUT2D eigenvalue weighted by atomic mass is 32.2. The quantitative estimate of drug-likeness (QED) is 0.0170. The zero-order valence-electron chi connectivity index (χ0n) is 35.5. The van der Waals surface area contributed by atoms with Crippen molar-refractivity contribution in [1.82, 2.24) is 10.6 Å². The summed E-state index contributed by atoms with van der Waals surface area (Å²) < 4.78 is 78.7. The lowest BCUT2D eigenvalue weighted by molar-refractivity contribution is -0.890.